The first-order valence-electron chi connectivity index (χ1n) is 9.59. The number of fused-ring (bicyclic) bond motifs is 1. The molecular formula is C22H26N4OS. The number of rotatable bonds is 6. The second kappa shape index (κ2) is 8.97. The Morgan fingerprint density at radius 1 is 1.21 bits per heavy atom. The Labute approximate surface area is 170 Å². The number of aryl methyl sites for hydroxylation is 2. The molecule has 0 radical (unpaired) electrons. The van der Waals surface area contributed by atoms with Gasteiger partial charge in [0.05, 0.1) is 17.4 Å². The van der Waals surface area contributed by atoms with E-state index in [9.17, 15) is 4.79 Å². The molecule has 0 aliphatic rings. The molecule has 0 amide bonds. The normalized spacial score (nSPS) is 10.8. The highest BCUT2D eigenvalue weighted by Crippen LogP contribution is 2.18. The SMILES string of the molecule is CCCCN(Cc1nc2ccccc2c(=O)[nH]1)C(=S)Nc1cc(C)ccc1C. The van der Waals surface area contributed by atoms with Gasteiger partial charge in [0.2, 0.25) is 0 Å². The van der Waals surface area contributed by atoms with E-state index in [1.54, 1.807) is 6.07 Å². The van der Waals surface area contributed by atoms with Gasteiger partial charge in [-0.2, -0.15) is 0 Å². The van der Waals surface area contributed by atoms with E-state index < -0.39 is 0 Å². The summed E-state index contributed by atoms with van der Waals surface area (Å²) in [6.07, 6.45) is 2.07. The first kappa shape index (κ1) is 20.0. The number of anilines is 1. The average Bonchev–Trinajstić information content (AvgIpc) is 2.68. The number of H-pyrrole nitrogens is 1. The lowest BCUT2D eigenvalue weighted by atomic mass is 10.1. The lowest BCUT2D eigenvalue weighted by molar-refractivity contribution is 0.397. The zero-order valence-electron chi connectivity index (χ0n) is 16.6. The molecular weight excluding hydrogens is 368 g/mol. The molecule has 1 heterocycles. The largest absolute Gasteiger partial charge is 0.342 e. The van der Waals surface area contributed by atoms with E-state index in [4.69, 9.17) is 12.2 Å². The van der Waals surface area contributed by atoms with Crippen LogP contribution in [0.25, 0.3) is 10.9 Å². The van der Waals surface area contributed by atoms with Crippen LogP contribution in [0.15, 0.2) is 47.3 Å². The summed E-state index contributed by atoms with van der Waals surface area (Å²) in [7, 11) is 0. The molecule has 0 atom stereocenters. The van der Waals surface area contributed by atoms with E-state index in [-0.39, 0.29) is 5.56 Å². The summed E-state index contributed by atoms with van der Waals surface area (Å²) < 4.78 is 0. The fraction of sp³-hybridized carbons (Fsp3) is 0.318. The van der Waals surface area contributed by atoms with Gasteiger partial charge in [0.25, 0.3) is 5.56 Å². The summed E-state index contributed by atoms with van der Waals surface area (Å²) >= 11 is 5.70. The van der Waals surface area contributed by atoms with Crippen molar-refractivity contribution in [3.8, 4) is 0 Å². The van der Waals surface area contributed by atoms with Gasteiger partial charge >= 0.3 is 0 Å². The third kappa shape index (κ3) is 4.75. The van der Waals surface area contributed by atoms with Crippen LogP contribution in [0.2, 0.25) is 0 Å². The minimum atomic E-state index is -0.121. The molecule has 0 aliphatic heterocycles. The average molecular weight is 395 g/mol. The van der Waals surface area contributed by atoms with E-state index >= 15 is 0 Å². The van der Waals surface area contributed by atoms with E-state index in [0.29, 0.717) is 28.4 Å². The van der Waals surface area contributed by atoms with Crippen molar-refractivity contribution in [3.63, 3.8) is 0 Å². The minimum absolute atomic E-state index is 0.121. The number of benzene rings is 2. The van der Waals surface area contributed by atoms with Crippen LogP contribution in [-0.2, 0) is 6.54 Å². The highest BCUT2D eigenvalue weighted by atomic mass is 32.1. The fourth-order valence-corrected chi connectivity index (χ4v) is 3.32. The molecule has 2 N–H and O–H groups in total. The second-order valence-electron chi connectivity index (χ2n) is 7.05. The van der Waals surface area contributed by atoms with Crippen molar-refractivity contribution in [3.05, 3.63) is 69.8 Å². The molecule has 0 spiro atoms. The van der Waals surface area contributed by atoms with Crippen LogP contribution in [0.1, 0.15) is 36.7 Å². The van der Waals surface area contributed by atoms with Crippen molar-refractivity contribution in [1.29, 1.82) is 0 Å². The maximum absolute atomic E-state index is 12.4. The summed E-state index contributed by atoms with van der Waals surface area (Å²) in [6.45, 7) is 7.52. The molecule has 1 aromatic heterocycles. The number of hydrogen-bond donors (Lipinski definition) is 2. The van der Waals surface area contributed by atoms with Crippen LogP contribution in [0.4, 0.5) is 5.69 Å². The Bertz CT molecular complexity index is 1040. The molecule has 3 aromatic rings. The molecule has 28 heavy (non-hydrogen) atoms. The molecule has 3 rings (SSSR count). The number of hydrogen-bond acceptors (Lipinski definition) is 3. The number of para-hydroxylation sites is 1. The van der Waals surface area contributed by atoms with Gasteiger partial charge in [0.1, 0.15) is 5.82 Å². The number of aromatic nitrogens is 2. The summed E-state index contributed by atoms with van der Waals surface area (Å²) in [5.41, 5.74) is 3.90. The van der Waals surface area contributed by atoms with Gasteiger partial charge in [-0.1, -0.05) is 37.6 Å². The highest BCUT2D eigenvalue weighted by molar-refractivity contribution is 7.80. The summed E-state index contributed by atoms with van der Waals surface area (Å²) in [5.74, 6) is 0.616. The topological polar surface area (TPSA) is 61.0 Å². The zero-order valence-corrected chi connectivity index (χ0v) is 17.4. The first-order chi connectivity index (χ1) is 13.5. The van der Waals surface area contributed by atoms with E-state index in [0.717, 1.165) is 30.6 Å². The maximum atomic E-state index is 12.4. The number of thiocarbonyl (C=S) groups is 1. The minimum Gasteiger partial charge on any atom is -0.342 e. The van der Waals surface area contributed by atoms with Gasteiger partial charge in [0, 0.05) is 12.2 Å². The Morgan fingerprint density at radius 3 is 2.79 bits per heavy atom. The number of nitrogens with one attached hydrogen (secondary N) is 2. The van der Waals surface area contributed by atoms with E-state index in [2.05, 4.69) is 59.2 Å². The van der Waals surface area contributed by atoms with Crippen molar-refractivity contribution in [1.82, 2.24) is 14.9 Å². The summed E-state index contributed by atoms with van der Waals surface area (Å²) in [5, 5.41) is 4.61. The third-order valence-electron chi connectivity index (χ3n) is 4.71. The van der Waals surface area contributed by atoms with Gasteiger partial charge in [-0.05, 0) is 61.8 Å². The third-order valence-corrected chi connectivity index (χ3v) is 5.07. The summed E-state index contributed by atoms with van der Waals surface area (Å²) in [6, 6.07) is 13.6. The molecule has 0 saturated carbocycles. The first-order valence-corrected chi connectivity index (χ1v) is 10.00. The molecule has 5 nitrogen and oxygen atoms in total. The van der Waals surface area contributed by atoms with Crippen molar-refractivity contribution in [2.75, 3.05) is 11.9 Å². The van der Waals surface area contributed by atoms with Crippen LogP contribution >= 0.6 is 12.2 Å². The molecule has 0 bridgehead atoms. The molecule has 6 heteroatoms. The molecule has 0 fully saturated rings. The van der Waals surface area contributed by atoms with Crippen LogP contribution in [-0.4, -0.2) is 26.5 Å². The van der Waals surface area contributed by atoms with Crippen molar-refractivity contribution < 1.29 is 0 Å². The standard InChI is InChI=1S/C22H26N4OS/c1-4-5-12-26(22(28)24-19-13-15(2)10-11-16(19)3)14-20-23-18-9-7-6-8-17(18)21(27)25-20/h6-11,13H,4-5,12,14H2,1-3H3,(H,24,28)(H,23,25,27). The van der Waals surface area contributed by atoms with Gasteiger partial charge < -0.3 is 15.2 Å². The van der Waals surface area contributed by atoms with Crippen LogP contribution in [0.5, 0.6) is 0 Å². The molecule has 0 aliphatic carbocycles. The Morgan fingerprint density at radius 2 is 2.00 bits per heavy atom. The van der Waals surface area contributed by atoms with Gasteiger partial charge in [0.15, 0.2) is 5.11 Å². The zero-order chi connectivity index (χ0) is 20.1. The van der Waals surface area contributed by atoms with Gasteiger partial charge in [-0.15, -0.1) is 0 Å². The molecule has 0 unspecified atom stereocenters. The van der Waals surface area contributed by atoms with E-state index in [1.807, 2.05) is 18.2 Å². The molecule has 2 aromatic carbocycles. The lowest BCUT2D eigenvalue weighted by Gasteiger charge is -2.26. The highest BCUT2D eigenvalue weighted by Gasteiger charge is 2.14. The monoisotopic (exact) mass is 394 g/mol. The van der Waals surface area contributed by atoms with Crippen molar-refractivity contribution >= 4 is 33.9 Å². The van der Waals surface area contributed by atoms with Crippen molar-refractivity contribution in [2.24, 2.45) is 0 Å². The molecule has 146 valence electrons. The quantitative estimate of drug-likeness (QED) is 0.601. The number of aromatic amines is 1. The Kier molecular flexibility index (Phi) is 6.41. The van der Waals surface area contributed by atoms with Crippen LogP contribution < -0.4 is 10.9 Å². The van der Waals surface area contributed by atoms with Gasteiger partial charge in [-0.25, -0.2) is 4.98 Å². The second-order valence-corrected chi connectivity index (χ2v) is 7.44. The lowest BCUT2D eigenvalue weighted by Crippen LogP contribution is -2.36. The Hall–Kier alpha value is -2.73. The van der Waals surface area contributed by atoms with Crippen LogP contribution in [0.3, 0.4) is 0 Å². The van der Waals surface area contributed by atoms with Gasteiger partial charge in [-0.3, -0.25) is 4.79 Å². The predicted molar refractivity (Wildman–Crippen MR) is 120 cm³/mol. The predicted octanol–water partition coefficient (Wildman–Crippen LogP) is 4.54. The molecule has 0 saturated heterocycles. The number of unbranched alkanes of at least 4 members (excludes halogenated alkanes) is 1. The fourth-order valence-electron chi connectivity index (χ4n) is 3.06. The Balaban J connectivity index is 1.84. The van der Waals surface area contributed by atoms with Crippen LogP contribution in [0, 0.1) is 13.8 Å². The smallest absolute Gasteiger partial charge is 0.258 e. The number of nitrogens with zero attached hydrogens (tertiary/aromatic N) is 2. The van der Waals surface area contributed by atoms with E-state index in [1.165, 1.54) is 5.56 Å². The van der Waals surface area contributed by atoms with Crippen molar-refractivity contribution in [2.45, 2.75) is 40.2 Å². The summed E-state index contributed by atoms with van der Waals surface area (Å²) in [4.78, 5) is 22.0. The maximum Gasteiger partial charge on any atom is 0.258 e.